The lowest BCUT2D eigenvalue weighted by Crippen LogP contribution is -2.65. The molecule has 2 unspecified atom stereocenters. The summed E-state index contributed by atoms with van der Waals surface area (Å²) in [5.41, 5.74) is 5.54. The first-order chi connectivity index (χ1) is 20.9. The average Bonchev–Trinajstić information content (AvgIpc) is 3.35. The van der Waals surface area contributed by atoms with E-state index in [2.05, 4.69) is 16.0 Å². The average molecular weight is 615 g/mol. The fraction of sp³-hybridized carbons (Fsp3) is 0.727. The zero-order chi connectivity index (χ0) is 31.2. The molecule has 11 heteroatoms. The maximum absolute atomic E-state index is 13.6. The van der Waals surface area contributed by atoms with E-state index in [9.17, 15) is 18.8 Å². The van der Waals surface area contributed by atoms with Crippen LogP contribution >= 0.6 is 0 Å². The van der Waals surface area contributed by atoms with Gasteiger partial charge in [-0.15, -0.1) is 0 Å². The van der Waals surface area contributed by atoms with E-state index in [0.717, 1.165) is 32.1 Å². The van der Waals surface area contributed by atoms with Gasteiger partial charge in [-0.25, -0.2) is 4.39 Å². The first-order valence-corrected chi connectivity index (χ1v) is 16.3. The van der Waals surface area contributed by atoms with E-state index in [1.807, 2.05) is 13.8 Å². The Morgan fingerprint density at radius 1 is 0.955 bits per heavy atom. The molecule has 6 aliphatic rings. The van der Waals surface area contributed by atoms with Crippen LogP contribution in [0.15, 0.2) is 24.3 Å². The molecule has 1 heterocycles. The highest BCUT2D eigenvalue weighted by Crippen LogP contribution is 2.67. The van der Waals surface area contributed by atoms with Crippen molar-refractivity contribution in [2.45, 2.75) is 102 Å². The van der Waals surface area contributed by atoms with E-state index in [1.165, 1.54) is 24.3 Å². The number of nitrogens with two attached hydrogens (primary N) is 1. The van der Waals surface area contributed by atoms with E-state index in [0.29, 0.717) is 69.6 Å². The van der Waals surface area contributed by atoms with Crippen molar-refractivity contribution < 1.29 is 33.3 Å². The number of halogens is 1. The fourth-order valence-electron chi connectivity index (χ4n) is 8.52. The zero-order valence-corrected chi connectivity index (χ0v) is 25.9. The van der Waals surface area contributed by atoms with Crippen LogP contribution in [-0.2, 0) is 24.1 Å². The molecular weight excluding hydrogens is 567 g/mol. The largest absolute Gasteiger partial charge is 0.356 e. The van der Waals surface area contributed by atoms with Crippen molar-refractivity contribution in [1.29, 1.82) is 0 Å². The Balaban J connectivity index is 0.978. The standard InChI is InChI=1S/C33H47FN4O6/c1-30(2,35)20-38-27(39)16-21-8-10-32(11-9-21)42-33(44-43-32)24-14-22-15-25(33)19-31(17-22,18-24)29(41)37-13-3-12-36-28(40)23-4-6-26(34)7-5-23/h4-7,21-22,24-25H,3,8-20,35H2,1-2H3,(H,36,40)(H,37,41)(H,38,39)/t21?,22?,24?,25?,31-,32-,33+. The second kappa shape index (κ2) is 12.0. The summed E-state index contributed by atoms with van der Waals surface area (Å²) in [5, 5.41) is 8.91. The van der Waals surface area contributed by atoms with Crippen LogP contribution in [0.3, 0.4) is 0 Å². The Kier molecular flexibility index (Phi) is 8.53. The van der Waals surface area contributed by atoms with Gasteiger partial charge < -0.3 is 26.4 Å². The lowest BCUT2D eigenvalue weighted by molar-refractivity contribution is -0.393. The van der Waals surface area contributed by atoms with Crippen molar-refractivity contribution in [3.8, 4) is 0 Å². The number of rotatable bonds is 10. The van der Waals surface area contributed by atoms with Gasteiger partial charge in [0.2, 0.25) is 23.4 Å². The third-order valence-corrected chi connectivity index (χ3v) is 10.6. The highest BCUT2D eigenvalue weighted by atomic mass is 19.1. The molecule has 2 spiro atoms. The minimum Gasteiger partial charge on any atom is -0.356 e. The number of ether oxygens (including phenoxy) is 1. The summed E-state index contributed by atoms with van der Waals surface area (Å²) in [5.74, 6) is -1.18. The monoisotopic (exact) mass is 614 g/mol. The van der Waals surface area contributed by atoms with E-state index in [-0.39, 0.29) is 41.3 Å². The summed E-state index contributed by atoms with van der Waals surface area (Å²) in [7, 11) is 0. The van der Waals surface area contributed by atoms with Gasteiger partial charge in [0, 0.05) is 61.8 Å². The summed E-state index contributed by atoms with van der Waals surface area (Å²) in [6.45, 7) is 5.12. The van der Waals surface area contributed by atoms with Gasteiger partial charge in [-0.05, 0) is 101 Å². The molecule has 2 atom stereocenters. The smallest absolute Gasteiger partial charge is 0.251 e. The highest BCUT2D eigenvalue weighted by Gasteiger charge is 2.71. The molecule has 44 heavy (non-hydrogen) atoms. The zero-order valence-electron chi connectivity index (χ0n) is 25.9. The lowest BCUT2D eigenvalue weighted by atomic mass is 9.47. The van der Waals surface area contributed by atoms with Gasteiger partial charge in [-0.2, -0.15) is 9.78 Å². The predicted octanol–water partition coefficient (Wildman–Crippen LogP) is 3.69. The topological polar surface area (TPSA) is 141 Å². The van der Waals surface area contributed by atoms with E-state index >= 15 is 0 Å². The van der Waals surface area contributed by atoms with Gasteiger partial charge in [0.15, 0.2) is 0 Å². The number of hydrogen-bond acceptors (Lipinski definition) is 7. The van der Waals surface area contributed by atoms with Gasteiger partial charge in [-0.3, -0.25) is 14.4 Å². The van der Waals surface area contributed by atoms with Gasteiger partial charge in [0.25, 0.3) is 5.91 Å². The predicted molar refractivity (Wildman–Crippen MR) is 159 cm³/mol. The molecule has 5 saturated carbocycles. The molecule has 4 bridgehead atoms. The molecule has 6 fully saturated rings. The number of nitrogens with one attached hydrogen (secondary N) is 3. The van der Waals surface area contributed by atoms with Crippen LogP contribution in [0.25, 0.3) is 0 Å². The van der Waals surface area contributed by atoms with Gasteiger partial charge >= 0.3 is 0 Å². The van der Waals surface area contributed by atoms with Crippen LogP contribution in [-0.4, -0.2) is 54.5 Å². The Labute approximate surface area is 258 Å². The summed E-state index contributed by atoms with van der Waals surface area (Å²) in [6.07, 6.45) is 8.36. The van der Waals surface area contributed by atoms with Crippen molar-refractivity contribution in [2.75, 3.05) is 19.6 Å². The second-order valence-corrected chi connectivity index (χ2v) is 14.8. The quantitative estimate of drug-likeness (QED) is 0.233. The minimum absolute atomic E-state index is 0.0322. The maximum atomic E-state index is 13.6. The molecular formula is C33H47FN4O6. The Hall–Kier alpha value is -2.60. The van der Waals surface area contributed by atoms with E-state index < -0.39 is 22.5 Å². The fourth-order valence-corrected chi connectivity index (χ4v) is 8.52. The molecule has 242 valence electrons. The normalized spacial score (nSPS) is 35.6. The summed E-state index contributed by atoms with van der Waals surface area (Å²) in [6, 6.07) is 5.43. The lowest BCUT2D eigenvalue weighted by Gasteiger charge is -2.61. The van der Waals surface area contributed by atoms with Gasteiger partial charge in [0.1, 0.15) is 5.82 Å². The molecule has 10 nitrogen and oxygen atoms in total. The van der Waals surface area contributed by atoms with Crippen molar-refractivity contribution in [1.82, 2.24) is 16.0 Å². The molecule has 5 N–H and O–H groups in total. The molecule has 1 aromatic carbocycles. The van der Waals surface area contributed by atoms with Crippen LogP contribution in [0.5, 0.6) is 0 Å². The van der Waals surface area contributed by atoms with Crippen LogP contribution in [0.1, 0.15) is 94.8 Å². The van der Waals surface area contributed by atoms with Crippen LogP contribution in [0.4, 0.5) is 4.39 Å². The summed E-state index contributed by atoms with van der Waals surface area (Å²) in [4.78, 5) is 50.5. The van der Waals surface area contributed by atoms with Gasteiger partial charge in [0.05, 0.1) is 5.41 Å². The molecule has 0 radical (unpaired) electrons. The van der Waals surface area contributed by atoms with Crippen molar-refractivity contribution >= 4 is 17.7 Å². The molecule has 1 saturated heterocycles. The Morgan fingerprint density at radius 2 is 1.61 bits per heavy atom. The van der Waals surface area contributed by atoms with Crippen LogP contribution in [0, 0.1) is 34.9 Å². The molecule has 7 rings (SSSR count). The Morgan fingerprint density at radius 3 is 2.27 bits per heavy atom. The third kappa shape index (κ3) is 6.38. The van der Waals surface area contributed by atoms with Crippen molar-refractivity contribution in [3.05, 3.63) is 35.6 Å². The molecule has 0 aromatic heterocycles. The first kappa shape index (κ1) is 31.4. The SMILES string of the molecule is CC(C)(N)CNC(=O)CC1CC[C@]2(CC1)OO[C@]1(O2)C2CC3CC1C[C@](C(=O)NCCCNC(=O)c1ccc(F)cc1)(C3)C2. The molecule has 3 amide bonds. The Bertz CT molecular complexity index is 1230. The molecule has 5 aliphatic carbocycles. The van der Waals surface area contributed by atoms with Gasteiger partial charge in [-0.1, -0.05) is 0 Å². The number of benzene rings is 1. The van der Waals surface area contributed by atoms with Crippen molar-refractivity contribution in [2.24, 2.45) is 34.8 Å². The number of carbonyl (C=O) groups excluding carboxylic acids is 3. The van der Waals surface area contributed by atoms with E-state index in [1.54, 1.807) is 0 Å². The number of carbonyl (C=O) groups is 3. The number of hydrogen-bond donors (Lipinski definition) is 4. The summed E-state index contributed by atoms with van der Waals surface area (Å²) >= 11 is 0. The molecule has 1 aromatic rings. The second-order valence-electron chi connectivity index (χ2n) is 14.8. The highest BCUT2D eigenvalue weighted by molar-refractivity contribution is 5.94. The van der Waals surface area contributed by atoms with Crippen LogP contribution in [0.2, 0.25) is 0 Å². The van der Waals surface area contributed by atoms with Crippen molar-refractivity contribution in [3.63, 3.8) is 0 Å². The van der Waals surface area contributed by atoms with E-state index in [4.69, 9.17) is 20.2 Å². The van der Waals surface area contributed by atoms with Crippen LogP contribution < -0.4 is 21.7 Å². The first-order valence-electron chi connectivity index (χ1n) is 16.3. The molecule has 1 aliphatic heterocycles. The number of amides is 3. The minimum atomic E-state index is -0.803. The maximum Gasteiger partial charge on any atom is 0.251 e. The third-order valence-electron chi connectivity index (χ3n) is 10.6. The summed E-state index contributed by atoms with van der Waals surface area (Å²) < 4.78 is 20.0.